The smallest absolute Gasteiger partial charge is 0.243 e. The van der Waals surface area contributed by atoms with Crippen molar-refractivity contribution in [2.24, 2.45) is 0 Å². The highest BCUT2D eigenvalue weighted by Crippen LogP contribution is 2.22. The Labute approximate surface area is 151 Å². The summed E-state index contributed by atoms with van der Waals surface area (Å²) in [6, 6.07) is 2.47. The molecule has 1 aliphatic heterocycles. The van der Waals surface area contributed by atoms with Gasteiger partial charge in [0.05, 0.1) is 28.0 Å². The number of hydrogen-bond acceptors (Lipinski definition) is 5. The minimum Gasteiger partial charge on any atom is -0.351 e. The van der Waals surface area contributed by atoms with E-state index in [-0.39, 0.29) is 28.0 Å². The van der Waals surface area contributed by atoms with E-state index in [1.165, 1.54) is 0 Å². The first-order valence-electron chi connectivity index (χ1n) is 7.50. The molecule has 1 amide bonds. The number of benzene rings is 1. The first kappa shape index (κ1) is 20.1. The number of rotatable bonds is 6. The lowest BCUT2D eigenvalue weighted by Gasteiger charge is -2.21. The van der Waals surface area contributed by atoms with Gasteiger partial charge in [-0.1, -0.05) is 18.5 Å². The lowest BCUT2D eigenvalue weighted by Crippen LogP contribution is -2.44. The van der Waals surface area contributed by atoms with Gasteiger partial charge in [-0.2, -0.15) is 4.31 Å². The van der Waals surface area contributed by atoms with Crippen LogP contribution >= 0.6 is 11.6 Å². The third-order valence-corrected chi connectivity index (χ3v) is 7.77. The number of likely N-dealkylation sites (N-methyl/N-ethyl adjacent to an activating group) is 1. The lowest BCUT2D eigenvalue weighted by atomic mass is 10.2. The van der Waals surface area contributed by atoms with Gasteiger partial charge in [-0.25, -0.2) is 21.2 Å². The van der Waals surface area contributed by atoms with Crippen molar-refractivity contribution in [3.05, 3.63) is 29.0 Å². The highest BCUT2D eigenvalue weighted by Gasteiger charge is 2.31. The van der Waals surface area contributed by atoms with Crippen LogP contribution in [0.25, 0.3) is 0 Å². The maximum Gasteiger partial charge on any atom is 0.243 e. The predicted molar refractivity (Wildman–Crippen MR) is 91.0 cm³/mol. The summed E-state index contributed by atoms with van der Waals surface area (Å²) in [5.41, 5.74) is 0. The topological polar surface area (TPSA) is 101 Å². The van der Waals surface area contributed by atoms with Gasteiger partial charge in [0, 0.05) is 12.6 Å². The number of sulfonamides is 1. The molecule has 0 radical (unpaired) electrons. The van der Waals surface area contributed by atoms with Crippen LogP contribution < -0.4 is 5.32 Å². The van der Waals surface area contributed by atoms with Gasteiger partial charge in [0.25, 0.3) is 0 Å². The van der Waals surface area contributed by atoms with Gasteiger partial charge >= 0.3 is 0 Å². The van der Waals surface area contributed by atoms with E-state index in [9.17, 15) is 26.0 Å². The quantitative estimate of drug-likeness (QED) is 0.744. The second-order valence-electron chi connectivity index (χ2n) is 5.67. The number of halogens is 2. The molecule has 25 heavy (non-hydrogen) atoms. The molecule has 0 aromatic heterocycles. The summed E-state index contributed by atoms with van der Waals surface area (Å²) in [5, 5.41) is 2.20. The Kier molecular flexibility index (Phi) is 6.08. The summed E-state index contributed by atoms with van der Waals surface area (Å²) in [4.78, 5) is 11.9. The fraction of sp³-hybridized carbons (Fsp3) is 0.500. The molecule has 140 valence electrons. The Balaban J connectivity index is 2.10. The number of sulfone groups is 1. The van der Waals surface area contributed by atoms with Crippen molar-refractivity contribution < 1.29 is 26.0 Å². The zero-order valence-corrected chi connectivity index (χ0v) is 15.8. The number of carbonyl (C=O) groups excluding carboxylic acids is 1. The normalized spacial score (nSPS) is 19.9. The van der Waals surface area contributed by atoms with Gasteiger partial charge in [0.15, 0.2) is 9.84 Å². The molecule has 0 aliphatic carbocycles. The molecule has 1 aromatic rings. The Bertz CT molecular complexity index is 873. The zero-order chi connectivity index (χ0) is 18.8. The fourth-order valence-corrected chi connectivity index (χ4v) is 5.85. The zero-order valence-electron chi connectivity index (χ0n) is 13.4. The molecule has 11 heteroatoms. The molecule has 1 aliphatic rings. The van der Waals surface area contributed by atoms with E-state index in [2.05, 4.69) is 5.32 Å². The van der Waals surface area contributed by atoms with Crippen molar-refractivity contribution >= 4 is 37.4 Å². The molecule has 0 bridgehead atoms. The molecule has 1 atom stereocenters. The van der Waals surface area contributed by atoms with E-state index < -0.39 is 44.2 Å². The molecule has 1 heterocycles. The van der Waals surface area contributed by atoms with Gasteiger partial charge in [-0.3, -0.25) is 4.79 Å². The Hall–Kier alpha value is -1.23. The monoisotopic (exact) mass is 412 g/mol. The van der Waals surface area contributed by atoms with Crippen molar-refractivity contribution in [2.45, 2.75) is 24.3 Å². The number of hydrogen-bond donors (Lipinski definition) is 1. The molecule has 7 nitrogen and oxygen atoms in total. The Morgan fingerprint density at radius 1 is 1.44 bits per heavy atom. The second-order valence-corrected chi connectivity index (χ2v) is 10.2. The molecule has 1 fully saturated rings. The van der Waals surface area contributed by atoms with Crippen LogP contribution in [0.5, 0.6) is 0 Å². The molecule has 1 unspecified atom stereocenters. The minimum absolute atomic E-state index is 0.00180. The van der Waals surface area contributed by atoms with Crippen molar-refractivity contribution in [1.82, 2.24) is 9.62 Å². The Morgan fingerprint density at radius 3 is 2.64 bits per heavy atom. The van der Waals surface area contributed by atoms with Crippen LogP contribution in [0.4, 0.5) is 4.39 Å². The van der Waals surface area contributed by atoms with E-state index >= 15 is 0 Å². The minimum atomic E-state index is -4.04. The standard InChI is InChI=1S/C14H18ClFN2O5S2/c1-2-18(8-14(19)17-10-5-6-24(20,21)9-10)25(22,23)11-3-4-13(16)12(15)7-11/h3-4,7,10H,2,5-6,8-9H2,1H3,(H,17,19). The van der Waals surface area contributed by atoms with Crippen molar-refractivity contribution in [3.8, 4) is 0 Å². The summed E-state index contributed by atoms with van der Waals surface area (Å²) >= 11 is 5.62. The first-order valence-corrected chi connectivity index (χ1v) is 11.1. The summed E-state index contributed by atoms with van der Waals surface area (Å²) in [6.07, 6.45) is 0.306. The molecule has 0 spiro atoms. The maximum atomic E-state index is 13.2. The third kappa shape index (κ3) is 4.90. The van der Waals surface area contributed by atoms with Crippen molar-refractivity contribution in [1.29, 1.82) is 0 Å². The summed E-state index contributed by atoms with van der Waals surface area (Å²) in [7, 11) is -7.19. The molecular weight excluding hydrogens is 395 g/mol. The van der Waals surface area contributed by atoms with Crippen LogP contribution in [0.3, 0.4) is 0 Å². The molecule has 1 saturated heterocycles. The van der Waals surface area contributed by atoms with Crippen LogP contribution in [0.2, 0.25) is 5.02 Å². The number of amides is 1. The fourth-order valence-electron chi connectivity index (χ4n) is 2.50. The van der Waals surface area contributed by atoms with E-state index in [1.54, 1.807) is 6.92 Å². The maximum absolute atomic E-state index is 13.2. The number of carbonyl (C=O) groups is 1. The van der Waals surface area contributed by atoms with E-state index in [0.717, 1.165) is 22.5 Å². The average Bonchev–Trinajstić information content (AvgIpc) is 2.85. The van der Waals surface area contributed by atoms with Crippen molar-refractivity contribution in [2.75, 3.05) is 24.6 Å². The van der Waals surface area contributed by atoms with Crippen LogP contribution in [0, 0.1) is 5.82 Å². The SMILES string of the molecule is CCN(CC(=O)NC1CCS(=O)(=O)C1)S(=O)(=O)c1ccc(F)c(Cl)c1. The van der Waals surface area contributed by atoms with Gasteiger partial charge in [-0.15, -0.1) is 0 Å². The van der Waals surface area contributed by atoms with Gasteiger partial charge in [0.2, 0.25) is 15.9 Å². The summed E-state index contributed by atoms with van der Waals surface area (Å²) in [5.74, 6) is -1.49. The largest absolute Gasteiger partial charge is 0.351 e. The molecule has 2 rings (SSSR count). The van der Waals surface area contributed by atoms with E-state index in [1.807, 2.05) is 0 Å². The molecule has 1 N–H and O–H groups in total. The number of nitrogens with one attached hydrogen (secondary N) is 1. The van der Waals surface area contributed by atoms with Gasteiger partial charge < -0.3 is 5.32 Å². The van der Waals surface area contributed by atoms with Gasteiger partial charge in [-0.05, 0) is 24.6 Å². The van der Waals surface area contributed by atoms with E-state index in [0.29, 0.717) is 6.42 Å². The second kappa shape index (κ2) is 7.56. The molecular formula is C14H18ClFN2O5S2. The van der Waals surface area contributed by atoms with Crippen LogP contribution in [0.1, 0.15) is 13.3 Å². The highest BCUT2D eigenvalue weighted by atomic mass is 35.5. The molecule has 0 saturated carbocycles. The number of nitrogens with zero attached hydrogens (tertiary/aromatic N) is 1. The Morgan fingerprint density at radius 2 is 2.12 bits per heavy atom. The third-order valence-electron chi connectivity index (χ3n) is 3.80. The van der Waals surface area contributed by atoms with E-state index in [4.69, 9.17) is 11.6 Å². The first-order chi connectivity index (χ1) is 11.5. The van der Waals surface area contributed by atoms with Crippen LogP contribution in [-0.4, -0.2) is 57.7 Å². The van der Waals surface area contributed by atoms with Crippen molar-refractivity contribution in [3.63, 3.8) is 0 Å². The van der Waals surface area contributed by atoms with Crippen LogP contribution in [0.15, 0.2) is 23.1 Å². The average molecular weight is 413 g/mol. The highest BCUT2D eigenvalue weighted by molar-refractivity contribution is 7.91. The lowest BCUT2D eigenvalue weighted by molar-refractivity contribution is -0.121. The van der Waals surface area contributed by atoms with Gasteiger partial charge in [0.1, 0.15) is 5.82 Å². The molecule has 1 aromatic carbocycles. The predicted octanol–water partition coefficient (Wildman–Crippen LogP) is 0.793. The van der Waals surface area contributed by atoms with Crippen LogP contribution in [-0.2, 0) is 24.7 Å². The summed E-state index contributed by atoms with van der Waals surface area (Å²) < 4.78 is 62.1. The summed E-state index contributed by atoms with van der Waals surface area (Å²) in [6.45, 7) is 1.09.